The van der Waals surface area contributed by atoms with Crippen LogP contribution < -0.4 is 10.1 Å². The van der Waals surface area contributed by atoms with Gasteiger partial charge in [0, 0.05) is 11.2 Å². The third kappa shape index (κ3) is 4.55. The number of ether oxygens (including phenoxy) is 1. The molecule has 0 fully saturated rings. The van der Waals surface area contributed by atoms with Gasteiger partial charge in [-0.15, -0.1) is 0 Å². The van der Waals surface area contributed by atoms with Crippen LogP contribution >= 0.6 is 11.6 Å². The molecule has 0 saturated heterocycles. The Morgan fingerprint density at radius 3 is 2.62 bits per heavy atom. The lowest BCUT2D eigenvalue weighted by Gasteiger charge is -2.11. The lowest BCUT2D eigenvalue weighted by atomic mass is 10.3. The van der Waals surface area contributed by atoms with Gasteiger partial charge >= 0.3 is 0 Å². The lowest BCUT2D eigenvalue weighted by molar-refractivity contribution is 0.0944. The molecule has 0 spiro atoms. The van der Waals surface area contributed by atoms with Crippen LogP contribution in [-0.4, -0.2) is 27.0 Å². The summed E-state index contributed by atoms with van der Waals surface area (Å²) in [4.78, 5) is 21.1. The highest BCUT2D eigenvalue weighted by molar-refractivity contribution is 6.30. The first kappa shape index (κ1) is 19.0. The summed E-state index contributed by atoms with van der Waals surface area (Å²) in [6, 6.07) is 20.4. The molecule has 1 N–H and O–H groups in total. The van der Waals surface area contributed by atoms with Crippen LogP contribution in [0.2, 0.25) is 5.02 Å². The second-order valence-corrected chi connectivity index (χ2v) is 6.80. The molecule has 29 heavy (non-hydrogen) atoms. The first-order valence-electron chi connectivity index (χ1n) is 9.22. The molecule has 2 heterocycles. The Morgan fingerprint density at radius 2 is 1.83 bits per heavy atom. The van der Waals surface area contributed by atoms with E-state index in [1.807, 2.05) is 36.4 Å². The van der Waals surface area contributed by atoms with E-state index in [1.165, 1.54) is 0 Å². The summed E-state index contributed by atoms with van der Waals surface area (Å²) in [5.74, 6) is 1.28. The van der Waals surface area contributed by atoms with Gasteiger partial charge in [-0.1, -0.05) is 29.8 Å². The maximum atomic E-state index is 12.3. The number of carbonyl (C=O) groups excluding carboxylic acids is 1. The summed E-state index contributed by atoms with van der Waals surface area (Å²) >= 11 is 5.91. The number of hydrogen-bond donors (Lipinski definition) is 1. The van der Waals surface area contributed by atoms with Gasteiger partial charge in [0.05, 0.1) is 24.1 Å². The van der Waals surface area contributed by atoms with E-state index in [0.29, 0.717) is 30.4 Å². The summed E-state index contributed by atoms with van der Waals surface area (Å²) < 4.78 is 7.89. The molecule has 0 saturated carbocycles. The van der Waals surface area contributed by atoms with Gasteiger partial charge in [0.2, 0.25) is 0 Å². The number of aromatic nitrogens is 3. The van der Waals surface area contributed by atoms with Crippen molar-refractivity contribution < 1.29 is 9.53 Å². The van der Waals surface area contributed by atoms with Crippen molar-refractivity contribution in [1.82, 2.24) is 19.9 Å². The number of nitrogens with one attached hydrogen (secondary N) is 1. The molecule has 4 rings (SSSR count). The number of benzene rings is 2. The fourth-order valence-electron chi connectivity index (χ4n) is 3.04. The number of nitrogens with zero attached hydrogens (tertiary/aromatic N) is 3. The summed E-state index contributed by atoms with van der Waals surface area (Å²) in [5, 5.41) is 3.56. The van der Waals surface area contributed by atoms with Crippen molar-refractivity contribution in [3.05, 3.63) is 89.5 Å². The van der Waals surface area contributed by atoms with E-state index in [9.17, 15) is 4.79 Å². The Kier molecular flexibility index (Phi) is 5.72. The van der Waals surface area contributed by atoms with Gasteiger partial charge in [-0.3, -0.25) is 9.78 Å². The maximum absolute atomic E-state index is 12.3. The zero-order valence-corrected chi connectivity index (χ0v) is 16.3. The molecule has 7 heteroatoms. The number of imidazole rings is 1. The standard InChI is InChI=1S/C22H19ClN4O2/c23-16-8-10-17(11-9-16)29-14-13-27-20-7-2-1-5-18(20)26-21(27)15-25-22(28)19-6-3-4-12-24-19/h1-12H,13-15H2,(H,25,28). The van der Waals surface area contributed by atoms with E-state index < -0.39 is 0 Å². The number of halogens is 1. The van der Waals surface area contributed by atoms with Gasteiger partial charge in [0.25, 0.3) is 5.91 Å². The lowest BCUT2D eigenvalue weighted by Crippen LogP contribution is -2.26. The van der Waals surface area contributed by atoms with E-state index in [2.05, 4.69) is 19.9 Å². The number of para-hydroxylation sites is 2. The van der Waals surface area contributed by atoms with Gasteiger partial charge in [0.15, 0.2) is 0 Å². The van der Waals surface area contributed by atoms with Crippen LogP contribution in [0, 0.1) is 0 Å². The normalized spacial score (nSPS) is 10.8. The fraction of sp³-hybridized carbons (Fsp3) is 0.136. The molecular formula is C22H19ClN4O2. The number of pyridine rings is 1. The fourth-order valence-corrected chi connectivity index (χ4v) is 3.17. The molecule has 0 atom stereocenters. The monoisotopic (exact) mass is 406 g/mol. The molecule has 4 aromatic rings. The second kappa shape index (κ2) is 8.75. The zero-order chi connectivity index (χ0) is 20.1. The Hall–Kier alpha value is -3.38. The van der Waals surface area contributed by atoms with Gasteiger partial charge < -0.3 is 14.6 Å². The predicted octanol–water partition coefficient (Wildman–Crippen LogP) is 4.09. The molecule has 2 aromatic carbocycles. The minimum absolute atomic E-state index is 0.235. The first-order valence-corrected chi connectivity index (χ1v) is 9.60. The highest BCUT2D eigenvalue weighted by atomic mass is 35.5. The van der Waals surface area contributed by atoms with Gasteiger partial charge in [-0.05, 0) is 48.5 Å². The minimum Gasteiger partial charge on any atom is -0.492 e. The van der Waals surface area contributed by atoms with E-state index in [0.717, 1.165) is 22.6 Å². The average Bonchev–Trinajstić information content (AvgIpc) is 3.11. The highest BCUT2D eigenvalue weighted by Crippen LogP contribution is 2.18. The molecule has 0 aliphatic heterocycles. The molecule has 1 amide bonds. The summed E-state index contributed by atoms with van der Waals surface area (Å²) in [7, 11) is 0. The van der Waals surface area contributed by atoms with Gasteiger partial charge in [-0.2, -0.15) is 0 Å². The van der Waals surface area contributed by atoms with Crippen LogP contribution in [0.5, 0.6) is 5.75 Å². The molecule has 6 nitrogen and oxygen atoms in total. The largest absolute Gasteiger partial charge is 0.492 e. The van der Waals surface area contributed by atoms with E-state index in [1.54, 1.807) is 36.5 Å². The topological polar surface area (TPSA) is 69.0 Å². The number of amides is 1. The molecule has 0 aliphatic rings. The summed E-state index contributed by atoms with van der Waals surface area (Å²) in [6.45, 7) is 1.35. The molecule has 0 bridgehead atoms. The average molecular weight is 407 g/mol. The Labute approximate surface area is 173 Å². The van der Waals surface area contributed by atoms with Crippen molar-refractivity contribution >= 4 is 28.5 Å². The van der Waals surface area contributed by atoms with Crippen LogP contribution in [0.25, 0.3) is 11.0 Å². The summed E-state index contributed by atoms with van der Waals surface area (Å²) in [5.41, 5.74) is 2.25. The predicted molar refractivity (Wildman–Crippen MR) is 112 cm³/mol. The smallest absolute Gasteiger partial charge is 0.270 e. The Balaban J connectivity index is 1.48. The zero-order valence-electron chi connectivity index (χ0n) is 15.6. The van der Waals surface area contributed by atoms with E-state index >= 15 is 0 Å². The van der Waals surface area contributed by atoms with Crippen molar-refractivity contribution in [2.45, 2.75) is 13.1 Å². The van der Waals surface area contributed by atoms with Gasteiger partial charge in [-0.25, -0.2) is 4.98 Å². The molecule has 0 aliphatic carbocycles. The summed E-state index contributed by atoms with van der Waals surface area (Å²) in [6.07, 6.45) is 1.60. The SMILES string of the molecule is O=C(NCc1nc2ccccc2n1CCOc1ccc(Cl)cc1)c1ccccn1. The van der Waals surface area contributed by atoms with Gasteiger partial charge in [0.1, 0.15) is 23.9 Å². The van der Waals surface area contributed by atoms with Crippen LogP contribution in [0.1, 0.15) is 16.3 Å². The van der Waals surface area contributed by atoms with Crippen molar-refractivity contribution in [3.63, 3.8) is 0 Å². The number of hydrogen-bond acceptors (Lipinski definition) is 4. The van der Waals surface area contributed by atoms with Crippen molar-refractivity contribution in [2.24, 2.45) is 0 Å². The molecule has 2 aromatic heterocycles. The Morgan fingerprint density at radius 1 is 1.03 bits per heavy atom. The van der Waals surface area contributed by atoms with Crippen LogP contribution in [0.3, 0.4) is 0 Å². The maximum Gasteiger partial charge on any atom is 0.270 e. The highest BCUT2D eigenvalue weighted by Gasteiger charge is 2.13. The van der Waals surface area contributed by atoms with Crippen molar-refractivity contribution in [1.29, 1.82) is 0 Å². The second-order valence-electron chi connectivity index (χ2n) is 6.37. The van der Waals surface area contributed by atoms with E-state index in [-0.39, 0.29) is 5.91 Å². The van der Waals surface area contributed by atoms with Crippen LogP contribution in [0.4, 0.5) is 0 Å². The number of carbonyl (C=O) groups is 1. The van der Waals surface area contributed by atoms with Crippen molar-refractivity contribution in [2.75, 3.05) is 6.61 Å². The number of rotatable bonds is 7. The molecule has 146 valence electrons. The van der Waals surface area contributed by atoms with Crippen molar-refractivity contribution in [3.8, 4) is 5.75 Å². The quantitative estimate of drug-likeness (QED) is 0.501. The molecule has 0 unspecified atom stereocenters. The third-order valence-electron chi connectivity index (χ3n) is 4.44. The molecular weight excluding hydrogens is 388 g/mol. The van der Waals surface area contributed by atoms with Crippen LogP contribution in [-0.2, 0) is 13.1 Å². The minimum atomic E-state index is -0.235. The third-order valence-corrected chi connectivity index (χ3v) is 4.69. The molecule has 0 radical (unpaired) electrons. The van der Waals surface area contributed by atoms with Crippen LogP contribution in [0.15, 0.2) is 72.9 Å². The van der Waals surface area contributed by atoms with E-state index in [4.69, 9.17) is 16.3 Å². The first-order chi connectivity index (χ1) is 14.2. The number of fused-ring (bicyclic) bond motifs is 1. The Bertz CT molecular complexity index is 1110.